The topological polar surface area (TPSA) is 59.9 Å². The lowest BCUT2D eigenvalue weighted by atomic mass is 10.1. The first-order valence-corrected chi connectivity index (χ1v) is 7.96. The highest BCUT2D eigenvalue weighted by atomic mass is 127. The van der Waals surface area contributed by atoms with Gasteiger partial charge in [-0.05, 0) is 53.8 Å². The van der Waals surface area contributed by atoms with Gasteiger partial charge in [0.1, 0.15) is 11.5 Å². The summed E-state index contributed by atoms with van der Waals surface area (Å²) in [6, 6.07) is 12.8. The Kier molecular flexibility index (Phi) is 5.97. The van der Waals surface area contributed by atoms with Gasteiger partial charge in [0.25, 0.3) is 5.91 Å². The Hall–Kier alpha value is -2.09. The number of amides is 1. The Morgan fingerprint density at radius 1 is 1.09 bits per heavy atom. The van der Waals surface area contributed by atoms with Crippen LogP contribution in [0.25, 0.3) is 0 Å². The lowest BCUT2D eigenvalue weighted by molar-refractivity contribution is 0.0954. The summed E-state index contributed by atoms with van der Waals surface area (Å²) in [5.41, 5.74) is 4.60. The number of hydrogen-bond donors (Lipinski definition) is 1. The van der Waals surface area contributed by atoms with E-state index in [-0.39, 0.29) is 5.91 Å². The Labute approximate surface area is 148 Å². The van der Waals surface area contributed by atoms with E-state index in [0.717, 1.165) is 9.13 Å². The number of carbonyl (C=O) groups is 1. The second kappa shape index (κ2) is 7.96. The maximum Gasteiger partial charge on any atom is 0.272 e. The summed E-state index contributed by atoms with van der Waals surface area (Å²) in [6.45, 7) is 1.81. The van der Waals surface area contributed by atoms with Crippen LogP contribution in [0.1, 0.15) is 22.8 Å². The van der Waals surface area contributed by atoms with E-state index < -0.39 is 0 Å². The second-order valence-electron chi connectivity index (χ2n) is 4.68. The molecule has 0 spiro atoms. The van der Waals surface area contributed by atoms with Gasteiger partial charge < -0.3 is 9.47 Å². The van der Waals surface area contributed by atoms with Crippen molar-refractivity contribution < 1.29 is 14.3 Å². The fourth-order valence-electron chi connectivity index (χ4n) is 2.00. The minimum Gasteiger partial charge on any atom is -0.497 e. The van der Waals surface area contributed by atoms with E-state index in [1.165, 1.54) is 0 Å². The Morgan fingerprint density at radius 3 is 2.48 bits per heavy atom. The highest BCUT2D eigenvalue weighted by Crippen LogP contribution is 2.25. The number of rotatable bonds is 5. The molecule has 23 heavy (non-hydrogen) atoms. The molecular weight excluding hydrogens is 407 g/mol. The highest BCUT2D eigenvalue weighted by molar-refractivity contribution is 14.1. The molecule has 0 atom stereocenters. The van der Waals surface area contributed by atoms with Crippen molar-refractivity contribution in [2.75, 3.05) is 14.2 Å². The molecule has 0 aliphatic carbocycles. The number of nitrogens with one attached hydrogen (secondary N) is 1. The van der Waals surface area contributed by atoms with Crippen LogP contribution in [0.4, 0.5) is 0 Å². The third-order valence-electron chi connectivity index (χ3n) is 3.24. The van der Waals surface area contributed by atoms with Gasteiger partial charge in [-0.3, -0.25) is 4.79 Å². The van der Waals surface area contributed by atoms with Crippen LogP contribution in [0, 0.1) is 3.57 Å². The standard InChI is InChI=1S/C17H17IN2O3/c1-11(13-9-8-12(22-2)10-16(13)23-3)19-20-17(21)14-6-4-5-7-15(14)18/h4-10H,1-3H3,(H,20,21)/b19-11+. The number of ether oxygens (including phenoxy) is 2. The van der Waals surface area contributed by atoms with E-state index in [0.29, 0.717) is 22.8 Å². The van der Waals surface area contributed by atoms with Gasteiger partial charge in [0.2, 0.25) is 0 Å². The van der Waals surface area contributed by atoms with Gasteiger partial charge in [0.15, 0.2) is 0 Å². The maximum atomic E-state index is 12.2. The number of carbonyl (C=O) groups excluding carboxylic acids is 1. The van der Waals surface area contributed by atoms with E-state index in [1.54, 1.807) is 33.3 Å². The second-order valence-corrected chi connectivity index (χ2v) is 5.85. The van der Waals surface area contributed by atoms with E-state index in [9.17, 15) is 4.79 Å². The molecule has 0 aromatic heterocycles. The van der Waals surface area contributed by atoms with Gasteiger partial charge in [0.05, 0.1) is 25.5 Å². The minimum atomic E-state index is -0.248. The largest absolute Gasteiger partial charge is 0.497 e. The van der Waals surface area contributed by atoms with Crippen molar-refractivity contribution in [2.45, 2.75) is 6.92 Å². The van der Waals surface area contributed by atoms with Gasteiger partial charge in [-0.1, -0.05) is 12.1 Å². The van der Waals surface area contributed by atoms with Crippen LogP contribution in [0.3, 0.4) is 0 Å². The van der Waals surface area contributed by atoms with Crippen LogP contribution in [0.5, 0.6) is 11.5 Å². The molecule has 1 amide bonds. The third-order valence-corrected chi connectivity index (χ3v) is 4.18. The molecule has 0 heterocycles. The van der Waals surface area contributed by atoms with Crippen molar-refractivity contribution in [1.82, 2.24) is 5.43 Å². The minimum absolute atomic E-state index is 0.248. The van der Waals surface area contributed by atoms with Gasteiger partial charge in [0, 0.05) is 15.2 Å². The number of benzene rings is 2. The Morgan fingerprint density at radius 2 is 1.83 bits per heavy atom. The molecule has 5 nitrogen and oxygen atoms in total. The van der Waals surface area contributed by atoms with Crippen LogP contribution in [0.15, 0.2) is 47.6 Å². The molecule has 120 valence electrons. The summed E-state index contributed by atoms with van der Waals surface area (Å²) in [7, 11) is 3.17. The molecule has 0 fully saturated rings. The van der Waals surface area contributed by atoms with Crippen LogP contribution >= 0.6 is 22.6 Å². The SMILES string of the molecule is COc1ccc(/C(C)=N/NC(=O)c2ccccc2I)c(OC)c1. The fraction of sp³-hybridized carbons (Fsp3) is 0.176. The first-order valence-electron chi connectivity index (χ1n) is 6.88. The summed E-state index contributed by atoms with van der Waals surface area (Å²) in [5, 5.41) is 4.17. The summed E-state index contributed by atoms with van der Waals surface area (Å²) >= 11 is 2.12. The molecule has 0 aliphatic heterocycles. The lowest BCUT2D eigenvalue weighted by Gasteiger charge is -2.10. The molecule has 0 saturated heterocycles. The van der Waals surface area contributed by atoms with Gasteiger partial charge >= 0.3 is 0 Å². The third kappa shape index (κ3) is 4.22. The normalized spacial score (nSPS) is 11.0. The van der Waals surface area contributed by atoms with Crippen LogP contribution in [-0.4, -0.2) is 25.8 Å². The molecule has 0 saturated carbocycles. The summed E-state index contributed by atoms with van der Waals surface area (Å²) in [5.74, 6) is 1.08. The molecule has 0 aliphatic rings. The van der Waals surface area contributed by atoms with Gasteiger partial charge in [-0.25, -0.2) is 5.43 Å². The lowest BCUT2D eigenvalue weighted by Crippen LogP contribution is -2.20. The Bertz CT molecular complexity index is 744. The van der Waals surface area contributed by atoms with E-state index in [1.807, 2.05) is 30.3 Å². The first-order chi connectivity index (χ1) is 11.1. The van der Waals surface area contributed by atoms with E-state index in [2.05, 4.69) is 33.1 Å². The first kappa shape index (κ1) is 17.3. The molecule has 1 N–H and O–H groups in total. The van der Waals surface area contributed by atoms with Crippen LogP contribution < -0.4 is 14.9 Å². The predicted octanol–water partition coefficient (Wildman–Crippen LogP) is 3.46. The number of nitrogens with zero attached hydrogens (tertiary/aromatic N) is 1. The molecule has 0 bridgehead atoms. The van der Waals surface area contributed by atoms with Crippen molar-refractivity contribution in [3.63, 3.8) is 0 Å². The monoisotopic (exact) mass is 424 g/mol. The summed E-state index contributed by atoms with van der Waals surface area (Å²) in [4.78, 5) is 12.2. The van der Waals surface area contributed by atoms with Crippen LogP contribution in [-0.2, 0) is 0 Å². The van der Waals surface area contributed by atoms with Crippen molar-refractivity contribution in [1.29, 1.82) is 0 Å². The predicted molar refractivity (Wildman–Crippen MR) is 98.4 cm³/mol. The summed E-state index contributed by atoms with van der Waals surface area (Å²) < 4.78 is 11.4. The molecule has 0 unspecified atom stereocenters. The quantitative estimate of drug-likeness (QED) is 0.455. The highest BCUT2D eigenvalue weighted by Gasteiger charge is 2.11. The molecule has 2 aromatic carbocycles. The number of hydrazone groups is 1. The molecule has 2 rings (SSSR count). The number of methoxy groups -OCH3 is 2. The average molecular weight is 424 g/mol. The molecule has 6 heteroatoms. The van der Waals surface area contributed by atoms with Crippen molar-refractivity contribution in [3.8, 4) is 11.5 Å². The van der Waals surface area contributed by atoms with Crippen molar-refractivity contribution >= 4 is 34.2 Å². The molecule has 0 radical (unpaired) electrons. The van der Waals surface area contributed by atoms with Gasteiger partial charge in [-0.2, -0.15) is 5.10 Å². The van der Waals surface area contributed by atoms with Gasteiger partial charge in [-0.15, -0.1) is 0 Å². The number of halogens is 1. The summed E-state index contributed by atoms with van der Waals surface area (Å²) in [6.07, 6.45) is 0. The zero-order valence-electron chi connectivity index (χ0n) is 13.1. The maximum absolute atomic E-state index is 12.2. The zero-order chi connectivity index (χ0) is 16.8. The van der Waals surface area contributed by atoms with E-state index >= 15 is 0 Å². The smallest absolute Gasteiger partial charge is 0.272 e. The van der Waals surface area contributed by atoms with Crippen molar-refractivity contribution in [2.24, 2.45) is 5.10 Å². The molecular formula is C17H17IN2O3. The molecule has 2 aromatic rings. The van der Waals surface area contributed by atoms with Crippen LogP contribution in [0.2, 0.25) is 0 Å². The van der Waals surface area contributed by atoms with Crippen molar-refractivity contribution in [3.05, 3.63) is 57.2 Å². The Balaban J connectivity index is 2.20. The average Bonchev–Trinajstić information content (AvgIpc) is 2.59. The van der Waals surface area contributed by atoms with E-state index in [4.69, 9.17) is 9.47 Å². The zero-order valence-corrected chi connectivity index (χ0v) is 15.2. The number of hydrogen-bond acceptors (Lipinski definition) is 4. The fourth-order valence-corrected chi connectivity index (χ4v) is 2.63.